The van der Waals surface area contributed by atoms with E-state index in [0.717, 1.165) is 0 Å². The number of carbonyl (C=O) groups excluding carboxylic acids is 1. The van der Waals surface area contributed by atoms with Gasteiger partial charge in [0.25, 0.3) is 0 Å². The van der Waals surface area contributed by atoms with E-state index in [9.17, 15) is 40.2 Å². The van der Waals surface area contributed by atoms with Crippen molar-refractivity contribution in [2.75, 3.05) is 0 Å². The number of aliphatic hydroxyl groups is 5. The van der Waals surface area contributed by atoms with Gasteiger partial charge in [-0.1, -0.05) is 48.6 Å². The largest absolute Gasteiger partial charge is 0.481 e. The number of ether oxygens (including phenoxy) is 5. The number of aliphatic hydroxyl groups excluding tert-OH is 4. The third-order valence-corrected chi connectivity index (χ3v) is 8.58. The molecule has 0 radical (unpaired) electrons. The Kier molecular flexibility index (Phi) is 13.1. The van der Waals surface area contributed by atoms with Gasteiger partial charge in [0.1, 0.15) is 24.2 Å². The van der Waals surface area contributed by atoms with Gasteiger partial charge < -0.3 is 60.1 Å². The number of carbonyl (C=O) groups is 2. The third kappa shape index (κ3) is 10.6. The second-order valence-electron chi connectivity index (χ2n) is 12.6. The highest BCUT2D eigenvalue weighted by molar-refractivity contribution is 5.82. The number of allylic oxidation sites excluding steroid dienone is 6. The lowest BCUT2D eigenvalue weighted by Crippen LogP contribution is -2.61. The molecule has 0 saturated carbocycles. The first-order valence-electron chi connectivity index (χ1n) is 15.9. The minimum atomic E-state index is -2.10. The fraction of sp³-hybridized carbons (Fsp3) is 0.636. The number of aliphatic carboxylic acids is 1. The molecule has 0 aromatic rings. The number of fused-ring (bicyclic) bond motifs is 3. The molecule has 2 bridgehead atoms. The molecule has 4 heterocycles. The van der Waals surface area contributed by atoms with Crippen LogP contribution in [-0.4, -0.2) is 122 Å². The molecule has 4 rings (SSSR count). The molecule has 0 aromatic carbocycles. The van der Waals surface area contributed by atoms with Crippen molar-refractivity contribution in [2.45, 2.75) is 125 Å². The maximum atomic E-state index is 12.3. The number of esters is 1. The smallest absolute Gasteiger partial charge is 0.330 e. The third-order valence-electron chi connectivity index (χ3n) is 8.58. The number of carboxylic acids is 1. The molecule has 3 fully saturated rings. The van der Waals surface area contributed by atoms with Crippen LogP contribution < -0.4 is 5.73 Å². The molecular weight excluding hydrogens is 618 g/mol. The summed E-state index contributed by atoms with van der Waals surface area (Å²) < 4.78 is 28.5. The second-order valence-corrected chi connectivity index (χ2v) is 12.6. The van der Waals surface area contributed by atoms with Gasteiger partial charge in [0.2, 0.25) is 0 Å². The van der Waals surface area contributed by atoms with E-state index in [-0.39, 0.29) is 25.4 Å². The first kappa shape index (κ1) is 37.1. The molecule has 14 atom stereocenters. The first-order valence-corrected chi connectivity index (χ1v) is 15.9. The Bertz CT molecular complexity index is 1220. The molecule has 0 aromatic heterocycles. The molecule has 262 valence electrons. The fourth-order valence-corrected chi connectivity index (χ4v) is 6.00. The van der Waals surface area contributed by atoms with Gasteiger partial charge in [0, 0.05) is 38.2 Å². The van der Waals surface area contributed by atoms with Crippen LogP contribution in [0.15, 0.2) is 60.8 Å². The van der Waals surface area contributed by atoms with E-state index in [4.69, 9.17) is 29.4 Å². The van der Waals surface area contributed by atoms with Gasteiger partial charge in [-0.25, -0.2) is 4.79 Å². The number of carboxylic acid groups (broad SMARTS) is 1. The Labute approximate surface area is 273 Å². The van der Waals surface area contributed by atoms with Crippen molar-refractivity contribution in [3.63, 3.8) is 0 Å². The van der Waals surface area contributed by atoms with Gasteiger partial charge in [-0.05, 0) is 19.9 Å². The highest BCUT2D eigenvalue weighted by Gasteiger charge is 2.51. The summed E-state index contributed by atoms with van der Waals surface area (Å²) in [4.78, 5) is 24.4. The van der Waals surface area contributed by atoms with Crippen LogP contribution >= 0.6 is 0 Å². The van der Waals surface area contributed by atoms with E-state index in [1.54, 1.807) is 56.4 Å². The first-order chi connectivity index (χ1) is 22.3. The molecule has 3 saturated heterocycles. The topological polar surface area (TPSA) is 231 Å². The summed E-state index contributed by atoms with van der Waals surface area (Å²) in [6.45, 7) is 3.34. The Morgan fingerprint density at radius 1 is 0.936 bits per heavy atom. The summed E-state index contributed by atoms with van der Waals surface area (Å²) in [6.07, 6.45) is 5.25. The average molecular weight is 666 g/mol. The maximum Gasteiger partial charge on any atom is 0.330 e. The van der Waals surface area contributed by atoms with Crippen molar-refractivity contribution in [3.8, 4) is 0 Å². The Morgan fingerprint density at radius 2 is 1.64 bits per heavy atom. The van der Waals surface area contributed by atoms with Gasteiger partial charge in [-0.2, -0.15) is 0 Å². The SMILES string of the molecule is C[C@@H]1C/C=C/C=C/C=C/C=C/[C@H](OC2O[C@H](C)[C@@H](O)[C@H](N)[C@@H]2O)CC2O[C@](O)(C[C@@H](O)C[C@@H]3O[C@@H]3/C=C/C(=O)O1)C[C@H](O)[C@H]2C(=O)O. The van der Waals surface area contributed by atoms with Crippen LogP contribution in [0.25, 0.3) is 0 Å². The van der Waals surface area contributed by atoms with Gasteiger partial charge >= 0.3 is 11.9 Å². The number of epoxide rings is 1. The van der Waals surface area contributed by atoms with Gasteiger partial charge in [0.05, 0.1) is 48.8 Å². The summed E-state index contributed by atoms with van der Waals surface area (Å²) in [7, 11) is 0. The van der Waals surface area contributed by atoms with Crippen molar-refractivity contribution in [1.29, 1.82) is 0 Å². The normalized spacial score (nSPS) is 47.2. The molecule has 2 unspecified atom stereocenters. The summed E-state index contributed by atoms with van der Waals surface area (Å²) in [5.74, 6) is -5.45. The van der Waals surface area contributed by atoms with Crippen LogP contribution in [0.2, 0.25) is 0 Å². The molecule has 0 amide bonds. The van der Waals surface area contributed by atoms with Crippen molar-refractivity contribution in [2.24, 2.45) is 11.7 Å². The molecule has 4 aliphatic heterocycles. The Balaban J connectivity index is 1.58. The van der Waals surface area contributed by atoms with E-state index < -0.39 is 97.3 Å². The molecule has 14 nitrogen and oxygen atoms in total. The number of hydrogen-bond acceptors (Lipinski definition) is 13. The van der Waals surface area contributed by atoms with Crippen molar-refractivity contribution in [3.05, 3.63) is 60.8 Å². The van der Waals surface area contributed by atoms with Crippen LogP contribution in [-0.2, 0) is 33.3 Å². The summed E-state index contributed by atoms with van der Waals surface area (Å²) >= 11 is 0. The fourth-order valence-electron chi connectivity index (χ4n) is 6.00. The molecular formula is C33H47NO13. The van der Waals surface area contributed by atoms with Crippen LogP contribution in [0, 0.1) is 5.92 Å². The van der Waals surface area contributed by atoms with E-state index in [1.807, 2.05) is 6.08 Å². The van der Waals surface area contributed by atoms with Crippen LogP contribution in [0.3, 0.4) is 0 Å². The van der Waals surface area contributed by atoms with E-state index in [1.165, 1.54) is 12.2 Å². The lowest BCUT2D eigenvalue weighted by Gasteiger charge is -2.45. The lowest BCUT2D eigenvalue weighted by atomic mass is 9.83. The highest BCUT2D eigenvalue weighted by Crippen LogP contribution is 2.39. The Hall–Kier alpha value is -2.76. The van der Waals surface area contributed by atoms with Crippen LogP contribution in [0.4, 0.5) is 0 Å². The number of cyclic esters (lactones) is 1. The van der Waals surface area contributed by atoms with Crippen molar-refractivity contribution >= 4 is 11.9 Å². The Morgan fingerprint density at radius 3 is 2.36 bits per heavy atom. The summed E-state index contributed by atoms with van der Waals surface area (Å²) in [5.41, 5.74) is 5.98. The van der Waals surface area contributed by atoms with Crippen molar-refractivity contribution < 1.29 is 63.9 Å². The predicted octanol–water partition coefficient (Wildman–Crippen LogP) is 0.120. The van der Waals surface area contributed by atoms with Crippen molar-refractivity contribution in [1.82, 2.24) is 0 Å². The minimum Gasteiger partial charge on any atom is -0.481 e. The molecule has 8 N–H and O–H groups in total. The molecule has 14 heteroatoms. The molecule has 47 heavy (non-hydrogen) atoms. The molecule has 0 spiro atoms. The monoisotopic (exact) mass is 665 g/mol. The minimum absolute atomic E-state index is 0.0789. The lowest BCUT2D eigenvalue weighted by molar-refractivity contribution is -0.308. The average Bonchev–Trinajstić information content (AvgIpc) is 3.72. The summed E-state index contributed by atoms with van der Waals surface area (Å²) in [5, 5.41) is 63.9. The zero-order valence-corrected chi connectivity index (χ0v) is 26.4. The van der Waals surface area contributed by atoms with Gasteiger partial charge in [0.15, 0.2) is 12.1 Å². The molecule has 4 aliphatic rings. The zero-order valence-electron chi connectivity index (χ0n) is 26.4. The van der Waals surface area contributed by atoms with Crippen LogP contribution in [0.1, 0.15) is 46.0 Å². The number of hydrogen-bond donors (Lipinski definition) is 7. The van der Waals surface area contributed by atoms with Gasteiger partial charge in [-0.15, -0.1) is 0 Å². The standard InChI is InChI=1S/C33H47NO13/c1-18-10-8-6-4-3-5-7-9-11-21(45-32-30(39)28(34)29(38)19(2)44-32)15-25-27(31(40)41)22(36)17-33(42,47-25)16-20(35)14-24-23(46-24)12-13-26(37)43-18/h3-9,11-13,18-25,27-30,32,35-36,38-39,42H,10,14-17,34H2,1-2H3,(H,40,41)/b4-3+,7-5+,8-6+,11-9+,13-12+/t18-,19-,20+,21+,22+,23-,24+,25?,27-,28+,29-,30+,32?,33-/m1/s1. The zero-order chi connectivity index (χ0) is 34.3. The second kappa shape index (κ2) is 16.6. The van der Waals surface area contributed by atoms with E-state index in [2.05, 4.69) is 0 Å². The number of rotatable bonds is 3. The summed E-state index contributed by atoms with van der Waals surface area (Å²) in [6, 6.07) is -1.08. The van der Waals surface area contributed by atoms with E-state index >= 15 is 0 Å². The van der Waals surface area contributed by atoms with E-state index in [0.29, 0.717) is 6.42 Å². The highest BCUT2D eigenvalue weighted by atomic mass is 16.7. The predicted molar refractivity (Wildman–Crippen MR) is 165 cm³/mol. The van der Waals surface area contributed by atoms with Crippen LogP contribution in [0.5, 0.6) is 0 Å². The maximum absolute atomic E-state index is 12.3. The quantitative estimate of drug-likeness (QED) is 0.157. The molecule has 0 aliphatic carbocycles. The van der Waals surface area contributed by atoms with Gasteiger partial charge in [-0.3, -0.25) is 4.79 Å². The number of nitrogens with two attached hydrogens (primary N) is 1.